The molecular formula is C23H30ClF3N2O2. The van der Waals surface area contributed by atoms with Gasteiger partial charge in [-0.1, -0.05) is 38.1 Å². The Labute approximate surface area is 187 Å². The minimum absolute atomic E-state index is 0.206. The van der Waals surface area contributed by atoms with Crippen molar-refractivity contribution in [3.63, 3.8) is 0 Å². The van der Waals surface area contributed by atoms with Gasteiger partial charge in [-0.25, -0.2) is 0 Å². The Morgan fingerprint density at radius 2 is 1.71 bits per heavy atom. The second-order valence-electron chi connectivity index (χ2n) is 6.51. The molecule has 0 fully saturated rings. The third-order valence-corrected chi connectivity index (χ3v) is 4.28. The van der Waals surface area contributed by atoms with Gasteiger partial charge in [-0.05, 0) is 51.4 Å². The van der Waals surface area contributed by atoms with Crippen LogP contribution in [0.4, 0.5) is 18.9 Å². The van der Waals surface area contributed by atoms with Gasteiger partial charge in [-0.15, -0.1) is 0 Å². The van der Waals surface area contributed by atoms with Crippen LogP contribution >= 0.6 is 11.6 Å². The monoisotopic (exact) mass is 458 g/mol. The maximum absolute atomic E-state index is 13.1. The number of anilines is 1. The van der Waals surface area contributed by atoms with E-state index in [9.17, 15) is 13.2 Å². The number of alkyl halides is 3. The Morgan fingerprint density at radius 1 is 1.10 bits per heavy atom. The molecule has 4 nitrogen and oxygen atoms in total. The van der Waals surface area contributed by atoms with Crippen LogP contribution in [0.1, 0.15) is 31.9 Å². The minimum atomic E-state index is -4.56. The molecule has 1 N–H and O–H groups in total. The summed E-state index contributed by atoms with van der Waals surface area (Å²) in [6.07, 6.45) is -4.56. The van der Waals surface area contributed by atoms with E-state index in [1.807, 2.05) is 39.8 Å². The quantitative estimate of drug-likeness (QED) is 0.447. The first kappa shape index (κ1) is 26.7. The lowest BCUT2D eigenvalue weighted by atomic mass is 10.1. The zero-order valence-electron chi connectivity index (χ0n) is 18.6. The van der Waals surface area contributed by atoms with Crippen LogP contribution in [0.25, 0.3) is 5.70 Å². The van der Waals surface area contributed by atoms with Crippen molar-refractivity contribution in [1.82, 2.24) is 4.90 Å². The molecule has 0 heterocycles. The molecule has 0 atom stereocenters. The third kappa shape index (κ3) is 7.99. The third-order valence-electron chi connectivity index (χ3n) is 3.95. The number of halogens is 4. The Morgan fingerprint density at radius 3 is 2.26 bits per heavy atom. The molecule has 0 spiro atoms. The summed E-state index contributed by atoms with van der Waals surface area (Å²) in [6, 6.07) is 8.92. The molecule has 31 heavy (non-hydrogen) atoms. The molecule has 8 heteroatoms. The average Bonchev–Trinajstić information content (AvgIpc) is 2.70. The van der Waals surface area contributed by atoms with Gasteiger partial charge in [0, 0.05) is 17.9 Å². The Bertz CT molecular complexity index is 855. The highest BCUT2D eigenvalue weighted by atomic mass is 35.5. The molecule has 0 bridgehead atoms. The fourth-order valence-electron chi connectivity index (χ4n) is 2.60. The lowest BCUT2D eigenvalue weighted by Crippen LogP contribution is -2.20. The molecule has 2 aromatic rings. The topological polar surface area (TPSA) is 33.7 Å². The van der Waals surface area contributed by atoms with E-state index >= 15 is 0 Å². The molecule has 0 saturated carbocycles. The molecule has 0 aliphatic rings. The number of hydrogen-bond donors (Lipinski definition) is 1. The standard InChI is InChI=1S/C21H24ClF3N2O2.C2H6/c1-5-28-18-7-6-8-19(29-12-11-27(3)4)20(18)14(2)26-15-9-10-17(22)16(13-15)21(23,24)25;1-2/h6-10,13,26H,2,5,11-12H2,1,3-4H3;1-2H3. The fourth-order valence-corrected chi connectivity index (χ4v) is 2.82. The largest absolute Gasteiger partial charge is 0.493 e. The summed E-state index contributed by atoms with van der Waals surface area (Å²) >= 11 is 5.69. The zero-order chi connectivity index (χ0) is 23.6. The molecule has 0 aromatic heterocycles. The highest BCUT2D eigenvalue weighted by Gasteiger charge is 2.33. The lowest BCUT2D eigenvalue weighted by molar-refractivity contribution is -0.137. The smallest absolute Gasteiger partial charge is 0.417 e. The molecule has 172 valence electrons. The zero-order valence-corrected chi connectivity index (χ0v) is 19.3. The number of ether oxygens (including phenoxy) is 2. The van der Waals surface area contributed by atoms with Gasteiger partial charge in [0.2, 0.25) is 0 Å². The molecule has 0 aliphatic carbocycles. The van der Waals surface area contributed by atoms with Crippen LogP contribution in [0.2, 0.25) is 5.02 Å². The van der Waals surface area contributed by atoms with Gasteiger partial charge in [0.1, 0.15) is 18.1 Å². The number of likely N-dealkylation sites (N-methyl/N-ethyl adjacent to an activating group) is 1. The molecule has 0 unspecified atom stereocenters. The van der Waals surface area contributed by atoms with Gasteiger partial charge in [0.05, 0.1) is 22.8 Å². The molecule has 2 aromatic carbocycles. The first-order valence-corrected chi connectivity index (χ1v) is 10.4. The van der Waals surface area contributed by atoms with Crippen LogP contribution in [-0.4, -0.2) is 38.8 Å². The van der Waals surface area contributed by atoms with Crippen molar-refractivity contribution in [3.05, 3.63) is 59.1 Å². The fraction of sp³-hybridized carbons (Fsp3) is 0.391. The van der Waals surface area contributed by atoms with Gasteiger partial charge in [0.15, 0.2) is 0 Å². The van der Waals surface area contributed by atoms with E-state index in [2.05, 4.69) is 11.9 Å². The maximum Gasteiger partial charge on any atom is 0.417 e. The molecule has 0 amide bonds. The number of nitrogens with one attached hydrogen (secondary N) is 1. The first-order valence-electron chi connectivity index (χ1n) is 9.99. The second kappa shape index (κ2) is 12.5. The van der Waals surface area contributed by atoms with E-state index in [-0.39, 0.29) is 10.7 Å². The number of rotatable bonds is 9. The van der Waals surface area contributed by atoms with Gasteiger partial charge >= 0.3 is 6.18 Å². The highest BCUT2D eigenvalue weighted by Crippen LogP contribution is 2.38. The van der Waals surface area contributed by atoms with E-state index in [1.165, 1.54) is 12.1 Å². The predicted octanol–water partition coefficient (Wildman–Crippen LogP) is 6.81. The van der Waals surface area contributed by atoms with Crippen LogP contribution in [0.3, 0.4) is 0 Å². The average molecular weight is 459 g/mol. The summed E-state index contributed by atoms with van der Waals surface area (Å²) in [4.78, 5) is 1.98. The number of hydrogen-bond acceptors (Lipinski definition) is 4. The summed E-state index contributed by atoms with van der Waals surface area (Å²) in [6.45, 7) is 11.4. The highest BCUT2D eigenvalue weighted by molar-refractivity contribution is 6.31. The summed E-state index contributed by atoms with van der Waals surface area (Å²) in [5, 5.41) is 2.55. The van der Waals surface area contributed by atoms with Crippen molar-refractivity contribution >= 4 is 23.0 Å². The van der Waals surface area contributed by atoms with Crippen LogP contribution < -0.4 is 14.8 Å². The maximum atomic E-state index is 13.1. The van der Waals surface area contributed by atoms with Gasteiger partial charge in [0.25, 0.3) is 0 Å². The SMILES string of the molecule is C=C(Nc1ccc(Cl)c(C(F)(F)F)c1)c1c(OCC)cccc1OCCN(C)C.CC. The first-order chi connectivity index (χ1) is 14.6. The van der Waals surface area contributed by atoms with E-state index in [1.54, 1.807) is 18.2 Å². The normalized spacial score (nSPS) is 10.9. The van der Waals surface area contributed by atoms with Crippen LogP contribution in [0.5, 0.6) is 11.5 Å². The van der Waals surface area contributed by atoms with Gasteiger partial charge in [-0.3, -0.25) is 0 Å². The molecule has 2 rings (SSSR count). The van der Waals surface area contributed by atoms with Gasteiger partial charge in [-0.2, -0.15) is 13.2 Å². The summed E-state index contributed by atoms with van der Waals surface area (Å²) < 4.78 is 51.0. The summed E-state index contributed by atoms with van der Waals surface area (Å²) in [5.41, 5.74) is 0.191. The molecular weight excluding hydrogens is 429 g/mol. The van der Waals surface area contributed by atoms with Crippen molar-refractivity contribution in [3.8, 4) is 11.5 Å². The number of benzene rings is 2. The van der Waals surface area contributed by atoms with Crippen molar-refractivity contribution in [2.45, 2.75) is 26.9 Å². The van der Waals surface area contributed by atoms with Crippen LogP contribution in [0, 0.1) is 0 Å². The number of nitrogens with zero attached hydrogens (tertiary/aromatic N) is 1. The predicted molar refractivity (Wildman–Crippen MR) is 122 cm³/mol. The van der Waals surface area contributed by atoms with E-state index in [4.69, 9.17) is 21.1 Å². The van der Waals surface area contributed by atoms with E-state index < -0.39 is 11.7 Å². The molecule has 0 aliphatic heterocycles. The molecule has 0 radical (unpaired) electrons. The summed E-state index contributed by atoms with van der Waals surface area (Å²) in [5.74, 6) is 1.05. The second-order valence-corrected chi connectivity index (χ2v) is 6.92. The Hall–Kier alpha value is -2.38. The van der Waals surface area contributed by atoms with Gasteiger partial charge < -0.3 is 19.7 Å². The minimum Gasteiger partial charge on any atom is -0.493 e. The Balaban J connectivity index is 0.00000233. The van der Waals surface area contributed by atoms with Crippen molar-refractivity contribution < 1.29 is 22.6 Å². The van der Waals surface area contributed by atoms with Crippen LogP contribution in [0.15, 0.2) is 43.0 Å². The Kier molecular flexibility index (Phi) is 10.7. The van der Waals surface area contributed by atoms with Crippen molar-refractivity contribution in [1.29, 1.82) is 0 Å². The van der Waals surface area contributed by atoms with E-state index in [0.29, 0.717) is 42.5 Å². The van der Waals surface area contributed by atoms with Crippen molar-refractivity contribution in [2.75, 3.05) is 39.2 Å². The molecule has 0 saturated heterocycles. The lowest BCUT2D eigenvalue weighted by Gasteiger charge is -2.20. The summed E-state index contributed by atoms with van der Waals surface area (Å²) in [7, 11) is 3.86. The van der Waals surface area contributed by atoms with Crippen LogP contribution in [-0.2, 0) is 6.18 Å². The van der Waals surface area contributed by atoms with E-state index in [0.717, 1.165) is 6.07 Å². The van der Waals surface area contributed by atoms with Crippen molar-refractivity contribution in [2.24, 2.45) is 0 Å².